The summed E-state index contributed by atoms with van der Waals surface area (Å²) in [6.07, 6.45) is 2.97. The lowest BCUT2D eigenvalue weighted by atomic mass is 9.97. The van der Waals surface area contributed by atoms with E-state index in [1.807, 2.05) is 6.92 Å². The molecule has 0 saturated carbocycles. The third kappa shape index (κ3) is 3.07. The largest absolute Gasteiger partial charge is 0.409 e. The van der Waals surface area contributed by atoms with Crippen LogP contribution in [0.2, 0.25) is 0 Å². The molecule has 1 fully saturated rings. The average molecular weight is 215 g/mol. The molecule has 5 nitrogen and oxygen atoms in total. The highest BCUT2D eigenvalue weighted by molar-refractivity contribution is 5.85. The van der Waals surface area contributed by atoms with Crippen LogP contribution in [0, 0.1) is 5.92 Å². The maximum atomic E-state index is 9.12. The van der Waals surface area contributed by atoms with Crippen LogP contribution >= 0.6 is 0 Å². The first-order valence-corrected chi connectivity index (χ1v) is 5.55. The van der Waals surface area contributed by atoms with Gasteiger partial charge in [-0.1, -0.05) is 12.1 Å². The summed E-state index contributed by atoms with van der Waals surface area (Å²) in [5, 5.41) is 20.9. The number of amidine groups is 1. The predicted octanol–water partition coefficient (Wildman–Crippen LogP) is 0.216. The lowest BCUT2D eigenvalue weighted by Crippen LogP contribution is -2.49. The van der Waals surface area contributed by atoms with E-state index in [0.29, 0.717) is 5.92 Å². The molecule has 15 heavy (non-hydrogen) atoms. The zero-order valence-corrected chi connectivity index (χ0v) is 9.26. The van der Waals surface area contributed by atoms with Crippen LogP contribution in [0.25, 0.3) is 0 Å². The highest BCUT2D eigenvalue weighted by atomic mass is 16.4. The number of piperidine rings is 1. The van der Waals surface area contributed by atoms with Crippen molar-refractivity contribution in [3.63, 3.8) is 0 Å². The molecule has 1 saturated heterocycles. The zero-order valence-electron chi connectivity index (χ0n) is 9.26. The number of hydrogen-bond donors (Lipinski definition) is 3. The molecule has 1 aliphatic heterocycles. The summed E-state index contributed by atoms with van der Waals surface area (Å²) in [5.74, 6) is 0.607. The first-order chi connectivity index (χ1) is 7.22. The number of nitrogens with two attached hydrogens (primary N) is 1. The van der Waals surface area contributed by atoms with Crippen LogP contribution < -0.4 is 5.73 Å². The third-order valence-electron chi connectivity index (χ3n) is 3.09. The van der Waals surface area contributed by atoms with Gasteiger partial charge in [0, 0.05) is 13.2 Å². The maximum Gasteiger partial charge on any atom is 0.156 e. The smallest absolute Gasteiger partial charge is 0.156 e. The van der Waals surface area contributed by atoms with E-state index in [4.69, 9.17) is 16.0 Å². The zero-order chi connectivity index (χ0) is 11.3. The van der Waals surface area contributed by atoms with E-state index < -0.39 is 0 Å². The molecule has 0 spiro atoms. The highest BCUT2D eigenvalue weighted by Crippen LogP contribution is 2.19. The normalized spacial score (nSPS) is 26.5. The van der Waals surface area contributed by atoms with Crippen LogP contribution in [-0.2, 0) is 0 Å². The van der Waals surface area contributed by atoms with Gasteiger partial charge in [0.2, 0.25) is 0 Å². The van der Waals surface area contributed by atoms with Gasteiger partial charge in [-0.15, -0.1) is 0 Å². The molecule has 0 radical (unpaired) electrons. The average Bonchev–Trinajstić information content (AvgIpc) is 2.30. The summed E-state index contributed by atoms with van der Waals surface area (Å²) in [5.41, 5.74) is 5.64. The van der Waals surface area contributed by atoms with E-state index in [0.717, 1.165) is 32.4 Å². The van der Waals surface area contributed by atoms with Crippen molar-refractivity contribution in [2.24, 2.45) is 16.8 Å². The first kappa shape index (κ1) is 12.3. The van der Waals surface area contributed by atoms with Gasteiger partial charge in [0.05, 0.1) is 6.04 Å². The summed E-state index contributed by atoms with van der Waals surface area (Å²) in [7, 11) is 0. The fraction of sp³-hybridized carbons (Fsp3) is 0.900. The Labute approximate surface area is 90.6 Å². The van der Waals surface area contributed by atoms with Crippen molar-refractivity contribution in [3.8, 4) is 0 Å². The van der Waals surface area contributed by atoms with Crippen LogP contribution in [0.4, 0.5) is 0 Å². The van der Waals surface area contributed by atoms with E-state index in [1.54, 1.807) is 0 Å². The standard InChI is InChI=1S/C10H21N3O2/c1-2-9(10(11)12-15)13-5-3-4-8(6-13)7-14/h8-9,14-15H,2-7H2,1H3,(H2,11,12). The number of nitrogens with zero attached hydrogens (tertiary/aromatic N) is 2. The van der Waals surface area contributed by atoms with Gasteiger partial charge in [-0.2, -0.15) is 0 Å². The van der Waals surface area contributed by atoms with Crippen LogP contribution in [0.3, 0.4) is 0 Å². The molecular formula is C10H21N3O2. The Balaban J connectivity index is 2.60. The molecule has 2 atom stereocenters. The minimum atomic E-state index is 0.00403. The lowest BCUT2D eigenvalue weighted by molar-refractivity contribution is 0.105. The molecule has 1 rings (SSSR count). The second-order valence-corrected chi connectivity index (χ2v) is 4.13. The van der Waals surface area contributed by atoms with Crippen molar-refractivity contribution in [1.29, 1.82) is 0 Å². The molecule has 0 aromatic carbocycles. The van der Waals surface area contributed by atoms with Gasteiger partial charge in [0.25, 0.3) is 0 Å². The van der Waals surface area contributed by atoms with Gasteiger partial charge in [0.1, 0.15) is 0 Å². The Morgan fingerprint density at radius 2 is 2.40 bits per heavy atom. The summed E-state index contributed by atoms with van der Waals surface area (Å²) < 4.78 is 0. The number of oxime groups is 1. The summed E-state index contributed by atoms with van der Waals surface area (Å²) in [4.78, 5) is 2.19. The van der Waals surface area contributed by atoms with Crippen molar-refractivity contribution in [3.05, 3.63) is 0 Å². The molecule has 0 aromatic heterocycles. The molecule has 0 aromatic rings. The summed E-state index contributed by atoms with van der Waals surface area (Å²) in [6, 6.07) is 0.00403. The fourth-order valence-corrected chi connectivity index (χ4v) is 2.25. The number of aliphatic hydroxyl groups is 1. The van der Waals surface area contributed by atoms with Gasteiger partial charge < -0.3 is 16.0 Å². The van der Waals surface area contributed by atoms with E-state index >= 15 is 0 Å². The van der Waals surface area contributed by atoms with Crippen LogP contribution in [-0.4, -0.2) is 46.8 Å². The van der Waals surface area contributed by atoms with E-state index in [1.165, 1.54) is 0 Å². The number of aliphatic hydroxyl groups excluding tert-OH is 1. The molecule has 88 valence electrons. The molecule has 2 unspecified atom stereocenters. The second-order valence-electron chi connectivity index (χ2n) is 4.13. The van der Waals surface area contributed by atoms with E-state index in [2.05, 4.69) is 10.1 Å². The maximum absolute atomic E-state index is 9.12. The molecule has 1 heterocycles. The van der Waals surface area contributed by atoms with Gasteiger partial charge in [-0.05, 0) is 31.7 Å². The Morgan fingerprint density at radius 3 is 2.93 bits per heavy atom. The van der Waals surface area contributed by atoms with Gasteiger partial charge >= 0.3 is 0 Å². The Morgan fingerprint density at radius 1 is 1.67 bits per heavy atom. The Bertz CT molecular complexity index is 221. The summed E-state index contributed by atoms with van der Waals surface area (Å²) >= 11 is 0. The lowest BCUT2D eigenvalue weighted by Gasteiger charge is -2.36. The molecule has 1 aliphatic rings. The SMILES string of the molecule is CCC(C(N)=NO)N1CCCC(CO)C1. The Kier molecular flexibility index (Phi) is 4.84. The van der Waals surface area contributed by atoms with E-state index in [9.17, 15) is 0 Å². The van der Waals surface area contributed by atoms with Gasteiger partial charge in [0.15, 0.2) is 5.84 Å². The predicted molar refractivity (Wildman–Crippen MR) is 58.9 cm³/mol. The topological polar surface area (TPSA) is 82.1 Å². The Hall–Kier alpha value is -0.810. The second kappa shape index (κ2) is 5.92. The van der Waals surface area contributed by atoms with Crippen LogP contribution in [0.1, 0.15) is 26.2 Å². The molecule has 0 aliphatic carbocycles. The van der Waals surface area contributed by atoms with Gasteiger partial charge in [-0.25, -0.2) is 0 Å². The molecular weight excluding hydrogens is 194 g/mol. The van der Waals surface area contributed by atoms with Crippen molar-refractivity contribution < 1.29 is 10.3 Å². The third-order valence-corrected chi connectivity index (χ3v) is 3.09. The number of likely N-dealkylation sites (tertiary alicyclic amines) is 1. The minimum absolute atomic E-state index is 0.00403. The first-order valence-electron chi connectivity index (χ1n) is 5.55. The number of rotatable bonds is 4. The van der Waals surface area contributed by atoms with Crippen molar-refractivity contribution in [2.75, 3.05) is 19.7 Å². The van der Waals surface area contributed by atoms with Crippen molar-refractivity contribution in [2.45, 2.75) is 32.2 Å². The number of hydrogen-bond acceptors (Lipinski definition) is 4. The quantitative estimate of drug-likeness (QED) is 0.271. The summed E-state index contributed by atoms with van der Waals surface area (Å²) in [6.45, 7) is 4.05. The minimum Gasteiger partial charge on any atom is -0.409 e. The van der Waals surface area contributed by atoms with E-state index in [-0.39, 0.29) is 18.5 Å². The molecule has 0 amide bonds. The molecule has 5 heteroatoms. The monoisotopic (exact) mass is 215 g/mol. The van der Waals surface area contributed by atoms with Crippen molar-refractivity contribution in [1.82, 2.24) is 4.90 Å². The van der Waals surface area contributed by atoms with Crippen LogP contribution in [0.15, 0.2) is 5.16 Å². The molecule has 0 bridgehead atoms. The fourth-order valence-electron chi connectivity index (χ4n) is 2.25. The van der Waals surface area contributed by atoms with Crippen LogP contribution in [0.5, 0.6) is 0 Å². The van der Waals surface area contributed by atoms with Crippen molar-refractivity contribution >= 4 is 5.84 Å². The highest BCUT2D eigenvalue weighted by Gasteiger charge is 2.26. The van der Waals surface area contributed by atoms with Gasteiger partial charge in [-0.3, -0.25) is 4.90 Å². The molecule has 4 N–H and O–H groups in total.